The third kappa shape index (κ3) is 3.16. The Morgan fingerprint density at radius 1 is 1.33 bits per heavy atom. The lowest BCUT2D eigenvalue weighted by atomic mass is 9.57. The number of nitrogens with one attached hydrogen (secondary N) is 2. The minimum Gasteiger partial charge on any atom is -0.377 e. The molecular weight excluding hydrogens is 298 g/mol. The zero-order chi connectivity index (χ0) is 17.3. The van der Waals surface area contributed by atoms with Crippen molar-refractivity contribution in [1.29, 1.82) is 0 Å². The minimum atomic E-state index is 0.168. The van der Waals surface area contributed by atoms with Crippen LogP contribution in [0, 0.1) is 18.3 Å². The molecule has 0 spiro atoms. The quantitative estimate of drug-likeness (QED) is 0.659. The van der Waals surface area contributed by atoms with Gasteiger partial charge in [0.1, 0.15) is 0 Å². The first-order chi connectivity index (χ1) is 11.4. The van der Waals surface area contributed by atoms with Gasteiger partial charge in [0.05, 0.1) is 6.10 Å². The largest absolute Gasteiger partial charge is 0.377 e. The molecule has 4 unspecified atom stereocenters. The zero-order valence-electron chi connectivity index (χ0n) is 15.6. The Balaban J connectivity index is 1.55. The van der Waals surface area contributed by atoms with Crippen molar-refractivity contribution in [3.63, 3.8) is 0 Å². The predicted molar refractivity (Wildman–Crippen MR) is 99.5 cm³/mol. The van der Waals surface area contributed by atoms with Crippen LogP contribution < -0.4 is 10.6 Å². The summed E-state index contributed by atoms with van der Waals surface area (Å²) in [5.74, 6) is 1.96. The number of rotatable bonds is 4. The summed E-state index contributed by atoms with van der Waals surface area (Å²) in [7, 11) is 1.85. The number of aliphatic imine (C=N–C) groups is 1. The van der Waals surface area contributed by atoms with Crippen LogP contribution in [0.2, 0.25) is 0 Å². The number of hydrogen-bond donors (Lipinski definition) is 2. The number of benzene rings is 1. The first-order valence-electron chi connectivity index (χ1n) is 9.09. The van der Waals surface area contributed by atoms with Crippen molar-refractivity contribution in [2.24, 2.45) is 16.3 Å². The molecule has 4 atom stereocenters. The highest BCUT2D eigenvalue weighted by Crippen LogP contribution is 2.52. The SMILES string of the molecule is CN=C(NCC(C)c1ccc(C)cc1)NC1C2CCOC2C1(C)C. The molecule has 2 fully saturated rings. The molecule has 0 bridgehead atoms. The maximum Gasteiger partial charge on any atom is 0.191 e. The van der Waals surface area contributed by atoms with Crippen molar-refractivity contribution >= 4 is 5.96 Å². The van der Waals surface area contributed by atoms with Crippen LogP contribution in [0.1, 0.15) is 44.2 Å². The normalized spacial score (nSPS) is 29.5. The van der Waals surface area contributed by atoms with Crippen molar-refractivity contribution in [3.8, 4) is 0 Å². The fraction of sp³-hybridized carbons (Fsp3) is 0.650. The van der Waals surface area contributed by atoms with Gasteiger partial charge in [-0.3, -0.25) is 4.99 Å². The fourth-order valence-corrected chi connectivity index (χ4v) is 4.22. The molecule has 1 saturated carbocycles. The lowest BCUT2D eigenvalue weighted by Gasteiger charge is -2.54. The average Bonchev–Trinajstić information content (AvgIpc) is 3.02. The van der Waals surface area contributed by atoms with E-state index in [9.17, 15) is 0 Å². The summed E-state index contributed by atoms with van der Waals surface area (Å²) < 4.78 is 5.88. The van der Waals surface area contributed by atoms with Crippen LogP contribution in [0.4, 0.5) is 0 Å². The fourth-order valence-electron chi connectivity index (χ4n) is 4.22. The third-order valence-corrected chi connectivity index (χ3v) is 5.84. The molecule has 1 aromatic carbocycles. The van der Waals surface area contributed by atoms with E-state index in [1.165, 1.54) is 11.1 Å². The molecule has 1 aromatic rings. The number of guanidine groups is 1. The van der Waals surface area contributed by atoms with Crippen molar-refractivity contribution in [2.75, 3.05) is 20.2 Å². The van der Waals surface area contributed by atoms with Crippen LogP contribution in [-0.2, 0) is 4.74 Å². The summed E-state index contributed by atoms with van der Waals surface area (Å²) in [5, 5.41) is 7.14. The van der Waals surface area contributed by atoms with Gasteiger partial charge in [-0.05, 0) is 24.8 Å². The molecule has 4 nitrogen and oxygen atoms in total. The lowest BCUT2D eigenvalue weighted by Crippen LogP contribution is -2.68. The van der Waals surface area contributed by atoms with E-state index in [0.29, 0.717) is 24.0 Å². The number of fused-ring (bicyclic) bond motifs is 1. The molecule has 4 heteroatoms. The molecule has 1 saturated heterocycles. The standard InChI is InChI=1S/C20H31N3O/c1-13-6-8-15(9-7-13)14(2)12-22-19(21-5)23-17-16-10-11-24-18(16)20(17,3)4/h6-9,14,16-18H,10-12H2,1-5H3,(H2,21,22,23). The van der Waals surface area contributed by atoms with Crippen molar-refractivity contribution in [3.05, 3.63) is 35.4 Å². The number of aryl methyl sites for hydroxylation is 1. The molecule has 1 aliphatic heterocycles. The molecular formula is C20H31N3O. The monoisotopic (exact) mass is 329 g/mol. The van der Waals surface area contributed by atoms with Gasteiger partial charge in [-0.1, -0.05) is 50.6 Å². The van der Waals surface area contributed by atoms with E-state index in [1.807, 2.05) is 7.05 Å². The molecule has 0 radical (unpaired) electrons. The molecule has 2 aliphatic rings. The maximum absolute atomic E-state index is 5.88. The van der Waals surface area contributed by atoms with Crippen LogP contribution in [0.15, 0.2) is 29.3 Å². The van der Waals surface area contributed by atoms with Crippen LogP contribution >= 0.6 is 0 Å². The topological polar surface area (TPSA) is 45.7 Å². The summed E-state index contributed by atoms with van der Waals surface area (Å²) in [5.41, 5.74) is 2.83. The van der Waals surface area contributed by atoms with Crippen LogP contribution in [0.5, 0.6) is 0 Å². The molecule has 0 aromatic heterocycles. The van der Waals surface area contributed by atoms with E-state index in [4.69, 9.17) is 4.74 Å². The van der Waals surface area contributed by atoms with Gasteiger partial charge < -0.3 is 15.4 Å². The highest BCUT2D eigenvalue weighted by atomic mass is 16.5. The second-order valence-electron chi connectivity index (χ2n) is 7.95. The molecule has 132 valence electrons. The van der Waals surface area contributed by atoms with Gasteiger partial charge in [-0.2, -0.15) is 0 Å². The van der Waals surface area contributed by atoms with Crippen LogP contribution in [0.3, 0.4) is 0 Å². The van der Waals surface area contributed by atoms with Crippen molar-refractivity contribution in [1.82, 2.24) is 10.6 Å². The predicted octanol–water partition coefficient (Wildman–Crippen LogP) is 3.08. The Morgan fingerprint density at radius 3 is 2.71 bits per heavy atom. The van der Waals surface area contributed by atoms with Gasteiger partial charge in [0.15, 0.2) is 5.96 Å². The molecule has 1 heterocycles. The molecule has 0 amide bonds. The number of nitrogens with zero attached hydrogens (tertiary/aromatic N) is 1. The van der Waals surface area contributed by atoms with E-state index in [0.717, 1.165) is 25.5 Å². The Hall–Kier alpha value is -1.55. The summed E-state index contributed by atoms with van der Waals surface area (Å²) in [6, 6.07) is 9.22. The van der Waals surface area contributed by atoms with Crippen LogP contribution in [-0.4, -0.2) is 38.3 Å². The second-order valence-corrected chi connectivity index (χ2v) is 7.95. The first-order valence-corrected chi connectivity index (χ1v) is 9.09. The molecule has 24 heavy (non-hydrogen) atoms. The molecule has 1 aliphatic carbocycles. The van der Waals surface area contributed by atoms with E-state index in [-0.39, 0.29) is 5.41 Å². The Labute approximate surface area is 146 Å². The zero-order valence-corrected chi connectivity index (χ0v) is 15.6. The van der Waals surface area contributed by atoms with Gasteiger partial charge in [-0.25, -0.2) is 0 Å². The highest BCUT2D eigenvalue weighted by molar-refractivity contribution is 5.80. The van der Waals surface area contributed by atoms with E-state index >= 15 is 0 Å². The van der Waals surface area contributed by atoms with E-state index < -0.39 is 0 Å². The molecule has 3 rings (SSSR count). The average molecular weight is 329 g/mol. The summed E-state index contributed by atoms with van der Waals surface area (Å²) >= 11 is 0. The smallest absolute Gasteiger partial charge is 0.191 e. The van der Waals surface area contributed by atoms with E-state index in [1.54, 1.807) is 0 Å². The van der Waals surface area contributed by atoms with Gasteiger partial charge >= 0.3 is 0 Å². The first kappa shape index (κ1) is 17.3. The number of hydrogen-bond acceptors (Lipinski definition) is 2. The molecule has 2 N–H and O–H groups in total. The highest BCUT2D eigenvalue weighted by Gasteiger charge is 2.59. The summed E-state index contributed by atoms with van der Waals surface area (Å²) in [6.45, 7) is 10.7. The van der Waals surface area contributed by atoms with Gasteiger partial charge in [0.25, 0.3) is 0 Å². The van der Waals surface area contributed by atoms with Gasteiger partial charge in [-0.15, -0.1) is 0 Å². The lowest BCUT2D eigenvalue weighted by molar-refractivity contribution is -0.106. The second kappa shape index (κ2) is 6.75. The van der Waals surface area contributed by atoms with E-state index in [2.05, 4.69) is 67.6 Å². The van der Waals surface area contributed by atoms with Crippen molar-refractivity contribution in [2.45, 2.75) is 52.2 Å². The minimum absolute atomic E-state index is 0.168. The van der Waals surface area contributed by atoms with Gasteiger partial charge in [0, 0.05) is 37.6 Å². The Kier molecular flexibility index (Phi) is 4.86. The summed E-state index contributed by atoms with van der Waals surface area (Å²) in [6.07, 6.45) is 1.56. The maximum atomic E-state index is 5.88. The van der Waals surface area contributed by atoms with Crippen LogP contribution in [0.25, 0.3) is 0 Å². The Bertz CT molecular complexity index is 593. The number of ether oxygens (including phenoxy) is 1. The Morgan fingerprint density at radius 2 is 2.04 bits per heavy atom. The van der Waals surface area contributed by atoms with Crippen molar-refractivity contribution < 1.29 is 4.74 Å². The third-order valence-electron chi connectivity index (χ3n) is 5.84. The van der Waals surface area contributed by atoms with Gasteiger partial charge in [0.2, 0.25) is 0 Å². The summed E-state index contributed by atoms with van der Waals surface area (Å²) in [4.78, 5) is 4.42.